The van der Waals surface area contributed by atoms with E-state index in [0.29, 0.717) is 24.5 Å². The van der Waals surface area contributed by atoms with E-state index >= 15 is 0 Å². The minimum Gasteiger partial charge on any atom is -0.428 e. The van der Waals surface area contributed by atoms with E-state index in [2.05, 4.69) is 14.8 Å². The first-order valence-electron chi connectivity index (χ1n) is 11.0. The molecule has 0 aliphatic carbocycles. The standard InChI is InChI=1S/C24H23ClN6O2S/c1-13-21-29-28-14(2)31(21)22-19(20(27-13)15-7-5-6-8-17(15)25)16-9-10-30(11-18(16)34-22)23(32)33-24(3,4)12-26/h5-8,13H,9-11H2,1-4H3. The zero-order valence-electron chi connectivity index (χ0n) is 19.3. The van der Waals surface area contributed by atoms with E-state index in [4.69, 9.17) is 21.3 Å². The first-order valence-corrected chi connectivity index (χ1v) is 12.2. The summed E-state index contributed by atoms with van der Waals surface area (Å²) in [6.07, 6.45) is 0.146. The molecule has 0 N–H and O–H groups in total. The van der Waals surface area contributed by atoms with Crippen molar-refractivity contribution < 1.29 is 9.53 Å². The summed E-state index contributed by atoms with van der Waals surface area (Å²) in [7, 11) is 0. The minimum absolute atomic E-state index is 0.203. The quantitative estimate of drug-likeness (QED) is 0.499. The Hall–Kier alpha value is -3.22. The van der Waals surface area contributed by atoms with Gasteiger partial charge in [0.25, 0.3) is 0 Å². The van der Waals surface area contributed by atoms with E-state index in [9.17, 15) is 10.1 Å². The Kier molecular flexibility index (Phi) is 5.46. The van der Waals surface area contributed by atoms with Gasteiger partial charge in [-0.15, -0.1) is 21.5 Å². The highest BCUT2D eigenvalue weighted by Crippen LogP contribution is 2.42. The summed E-state index contributed by atoms with van der Waals surface area (Å²) < 4.78 is 7.48. The molecule has 0 fully saturated rings. The molecule has 4 heterocycles. The molecule has 2 aromatic heterocycles. The van der Waals surface area contributed by atoms with Crippen LogP contribution in [-0.2, 0) is 17.7 Å². The molecule has 0 radical (unpaired) electrons. The highest BCUT2D eigenvalue weighted by molar-refractivity contribution is 7.15. The summed E-state index contributed by atoms with van der Waals surface area (Å²) in [5.41, 5.74) is 2.68. The Morgan fingerprint density at radius 3 is 2.82 bits per heavy atom. The molecule has 10 heteroatoms. The monoisotopic (exact) mass is 494 g/mol. The molecule has 0 saturated carbocycles. The van der Waals surface area contributed by atoms with Gasteiger partial charge >= 0.3 is 6.09 Å². The molecule has 1 atom stereocenters. The average molecular weight is 495 g/mol. The van der Waals surface area contributed by atoms with Crippen LogP contribution < -0.4 is 0 Å². The summed E-state index contributed by atoms with van der Waals surface area (Å²) in [6, 6.07) is 9.52. The summed E-state index contributed by atoms with van der Waals surface area (Å²) in [5, 5.41) is 19.6. The second-order valence-corrected chi connectivity index (χ2v) is 10.4. The Balaban J connectivity index is 1.64. The van der Waals surface area contributed by atoms with Crippen LogP contribution in [0.1, 0.15) is 60.0 Å². The van der Waals surface area contributed by atoms with Crippen LogP contribution in [0.25, 0.3) is 5.00 Å². The highest BCUT2D eigenvalue weighted by atomic mass is 35.5. The number of benzene rings is 1. The van der Waals surface area contributed by atoms with Crippen LogP contribution in [0.15, 0.2) is 29.3 Å². The van der Waals surface area contributed by atoms with Crippen molar-refractivity contribution in [1.82, 2.24) is 19.7 Å². The average Bonchev–Trinajstić information content (AvgIpc) is 3.34. The second kappa shape index (κ2) is 8.22. The molecule has 8 nitrogen and oxygen atoms in total. The summed E-state index contributed by atoms with van der Waals surface area (Å²) in [4.78, 5) is 20.5. The van der Waals surface area contributed by atoms with Gasteiger partial charge in [-0.1, -0.05) is 29.8 Å². The number of fused-ring (bicyclic) bond motifs is 5. The number of rotatable bonds is 2. The van der Waals surface area contributed by atoms with E-state index in [0.717, 1.165) is 43.9 Å². The molecule has 2 aliphatic rings. The highest BCUT2D eigenvalue weighted by Gasteiger charge is 2.36. The lowest BCUT2D eigenvalue weighted by atomic mass is 9.95. The number of hydrogen-bond donors (Lipinski definition) is 0. The third kappa shape index (κ3) is 3.67. The van der Waals surface area contributed by atoms with Gasteiger partial charge in [0.1, 0.15) is 22.9 Å². The van der Waals surface area contributed by atoms with Crippen molar-refractivity contribution in [1.29, 1.82) is 5.26 Å². The van der Waals surface area contributed by atoms with Crippen LogP contribution in [0, 0.1) is 18.3 Å². The number of carbonyl (C=O) groups excluding carboxylic acids is 1. The topological polar surface area (TPSA) is 96.4 Å². The first kappa shape index (κ1) is 22.6. The van der Waals surface area contributed by atoms with Crippen LogP contribution in [0.4, 0.5) is 4.79 Å². The normalized spacial score (nSPS) is 17.1. The maximum atomic E-state index is 12.8. The fourth-order valence-electron chi connectivity index (χ4n) is 4.33. The van der Waals surface area contributed by atoms with Crippen LogP contribution >= 0.6 is 22.9 Å². The van der Waals surface area contributed by atoms with E-state index in [-0.39, 0.29) is 6.04 Å². The van der Waals surface area contributed by atoms with Gasteiger partial charge in [0.05, 0.1) is 12.3 Å². The number of amides is 1. The fraction of sp³-hybridized carbons (Fsp3) is 0.375. The molecular formula is C24H23ClN6O2S. The number of aliphatic imine (C=N–C) groups is 1. The van der Waals surface area contributed by atoms with Crippen molar-refractivity contribution in [3.05, 3.63) is 62.5 Å². The molecule has 174 valence electrons. The third-order valence-corrected chi connectivity index (χ3v) is 7.55. The van der Waals surface area contributed by atoms with Crippen LogP contribution in [0.3, 0.4) is 0 Å². The number of aromatic nitrogens is 3. The van der Waals surface area contributed by atoms with E-state index in [1.807, 2.05) is 44.2 Å². The number of aryl methyl sites for hydroxylation is 1. The van der Waals surface area contributed by atoms with E-state index in [1.54, 1.807) is 30.1 Å². The van der Waals surface area contributed by atoms with Gasteiger partial charge in [0.15, 0.2) is 11.4 Å². The zero-order chi connectivity index (χ0) is 24.2. The molecule has 0 saturated heterocycles. The van der Waals surface area contributed by atoms with Crippen molar-refractivity contribution in [2.75, 3.05) is 6.54 Å². The van der Waals surface area contributed by atoms with Crippen molar-refractivity contribution in [2.45, 2.75) is 52.3 Å². The van der Waals surface area contributed by atoms with Crippen molar-refractivity contribution in [3.8, 4) is 11.1 Å². The summed E-state index contributed by atoms with van der Waals surface area (Å²) in [6.45, 7) is 7.98. The Labute approximate surface area is 206 Å². The SMILES string of the molecule is Cc1nnc2n1-c1sc3c(c1C(c1ccccc1Cl)=NC2C)CCN(C(=O)OC(C)(C)C#N)C3. The predicted octanol–water partition coefficient (Wildman–Crippen LogP) is 5.00. The maximum absolute atomic E-state index is 12.8. The molecular weight excluding hydrogens is 472 g/mol. The van der Waals surface area contributed by atoms with Gasteiger partial charge in [-0.25, -0.2) is 4.79 Å². The van der Waals surface area contributed by atoms with E-state index < -0.39 is 11.7 Å². The van der Waals surface area contributed by atoms with Gasteiger partial charge in [0.2, 0.25) is 0 Å². The van der Waals surface area contributed by atoms with Crippen LogP contribution in [0.2, 0.25) is 5.02 Å². The van der Waals surface area contributed by atoms with Gasteiger partial charge in [0, 0.05) is 27.6 Å². The third-order valence-electron chi connectivity index (χ3n) is 6.02. The van der Waals surface area contributed by atoms with Crippen molar-refractivity contribution >= 4 is 34.7 Å². The summed E-state index contributed by atoms with van der Waals surface area (Å²) >= 11 is 8.23. The van der Waals surface area contributed by atoms with Gasteiger partial charge in [-0.05, 0) is 45.7 Å². The number of nitrogens with zero attached hydrogens (tertiary/aromatic N) is 6. The number of thiophene rings is 1. The second-order valence-electron chi connectivity index (χ2n) is 8.92. The lowest BCUT2D eigenvalue weighted by Gasteiger charge is -2.29. The van der Waals surface area contributed by atoms with Gasteiger partial charge in [-0.3, -0.25) is 9.56 Å². The minimum atomic E-state index is -1.18. The lowest BCUT2D eigenvalue weighted by Crippen LogP contribution is -2.40. The molecule has 0 bridgehead atoms. The van der Waals surface area contributed by atoms with Crippen LogP contribution in [0.5, 0.6) is 0 Å². The van der Waals surface area contributed by atoms with Crippen molar-refractivity contribution in [2.24, 2.45) is 4.99 Å². The van der Waals surface area contributed by atoms with Crippen LogP contribution in [-0.4, -0.2) is 43.6 Å². The molecule has 0 spiro atoms. The molecule has 1 aromatic carbocycles. The largest absolute Gasteiger partial charge is 0.428 e. The Bertz CT molecular complexity index is 1380. The van der Waals surface area contributed by atoms with E-state index in [1.165, 1.54) is 0 Å². The molecule has 3 aromatic rings. The summed E-state index contributed by atoms with van der Waals surface area (Å²) in [5.74, 6) is 1.55. The number of ether oxygens (including phenoxy) is 1. The number of nitriles is 1. The molecule has 2 aliphatic heterocycles. The smallest absolute Gasteiger partial charge is 0.411 e. The lowest BCUT2D eigenvalue weighted by molar-refractivity contribution is 0.0423. The number of hydrogen-bond acceptors (Lipinski definition) is 7. The number of carbonyl (C=O) groups is 1. The Morgan fingerprint density at radius 1 is 1.32 bits per heavy atom. The van der Waals surface area contributed by atoms with Gasteiger partial charge < -0.3 is 9.64 Å². The predicted molar refractivity (Wildman–Crippen MR) is 130 cm³/mol. The number of halogens is 1. The Morgan fingerprint density at radius 2 is 2.09 bits per heavy atom. The molecule has 1 amide bonds. The fourth-order valence-corrected chi connectivity index (χ4v) is 5.97. The maximum Gasteiger partial charge on any atom is 0.411 e. The van der Waals surface area contributed by atoms with Crippen molar-refractivity contribution in [3.63, 3.8) is 0 Å². The molecule has 1 unspecified atom stereocenters. The molecule has 34 heavy (non-hydrogen) atoms. The van der Waals surface area contributed by atoms with Gasteiger partial charge in [-0.2, -0.15) is 5.26 Å². The molecule has 5 rings (SSSR count). The first-order chi connectivity index (χ1) is 16.2. The zero-order valence-corrected chi connectivity index (χ0v) is 20.9.